The van der Waals surface area contributed by atoms with Crippen molar-refractivity contribution in [1.29, 1.82) is 0 Å². The van der Waals surface area contributed by atoms with Crippen LogP contribution in [0.15, 0.2) is 72.2 Å². The largest absolute Gasteiger partial charge is 0.490 e. The lowest BCUT2D eigenvalue weighted by atomic mass is 10.2. The van der Waals surface area contributed by atoms with E-state index in [0.29, 0.717) is 18.5 Å². The van der Waals surface area contributed by atoms with E-state index in [2.05, 4.69) is 11.7 Å². The first-order valence-electron chi connectivity index (χ1n) is 8.60. The van der Waals surface area contributed by atoms with Gasteiger partial charge in [0.25, 0.3) is 5.56 Å². The van der Waals surface area contributed by atoms with Gasteiger partial charge in [0.1, 0.15) is 18.9 Å². The number of carbonyl (C=O) groups excluding carboxylic acids is 1. The van der Waals surface area contributed by atoms with Crippen LogP contribution in [0.25, 0.3) is 10.8 Å². The second kappa shape index (κ2) is 8.31. The number of ether oxygens (including phenoxy) is 1. The average Bonchev–Trinajstić information content (AvgIpc) is 2.69. The van der Waals surface area contributed by atoms with E-state index in [1.165, 1.54) is 4.68 Å². The molecule has 27 heavy (non-hydrogen) atoms. The Balaban J connectivity index is 1.66. The maximum atomic E-state index is 12.5. The second-order valence-corrected chi connectivity index (χ2v) is 6.19. The van der Waals surface area contributed by atoms with Crippen LogP contribution in [-0.2, 0) is 17.9 Å². The van der Waals surface area contributed by atoms with Crippen LogP contribution in [-0.4, -0.2) is 34.2 Å². The van der Waals surface area contributed by atoms with Crippen molar-refractivity contribution in [2.75, 3.05) is 13.7 Å². The predicted molar refractivity (Wildman–Crippen MR) is 105 cm³/mol. The number of benzene rings is 2. The first kappa shape index (κ1) is 18.4. The van der Waals surface area contributed by atoms with Gasteiger partial charge in [0.15, 0.2) is 0 Å². The summed E-state index contributed by atoms with van der Waals surface area (Å²) in [4.78, 5) is 26.6. The Kier molecular flexibility index (Phi) is 5.66. The van der Waals surface area contributed by atoms with Crippen molar-refractivity contribution >= 4 is 16.7 Å². The smallest absolute Gasteiger partial charge is 0.275 e. The standard InChI is InChI=1S/C21H21N3O3/c1-3-12-27-18-10-8-16(9-11-18)14-23(2)20(25)15-24-21(26)19-7-5-4-6-17(19)13-22-24/h3-11,13H,1,12,14-15H2,2H3. The Labute approximate surface area is 157 Å². The van der Waals surface area contributed by atoms with Crippen LogP contribution >= 0.6 is 0 Å². The van der Waals surface area contributed by atoms with Crippen LogP contribution in [0, 0.1) is 0 Å². The summed E-state index contributed by atoms with van der Waals surface area (Å²) in [6, 6.07) is 14.7. The molecule has 2 aromatic carbocycles. The molecule has 6 heteroatoms. The van der Waals surface area contributed by atoms with Gasteiger partial charge in [-0.2, -0.15) is 5.10 Å². The minimum absolute atomic E-state index is 0.0965. The van der Waals surface area contributed by atoms with Gasteiger partial charge < -0.3 is 9.64 Å². The molecule has 138 valence electrons. The fourth-order valence-electron chi connectivity index (χ4n) is 2.70. The van der Waals surface area contributed by atoms with Crippen molar-refractivity contribution in [1.82, 2.24) is 14.7 Å². The summed E-state index contributed by atoms with van der Waals surface area (Å²) in [5, 5.41) is 5.42. The van der Waals surface area contributed by atoms with Crippen LogP contribution in [0.1, 0.15) is 5.56 Å². The highest BCUT2D eigenvalue weighted by molar-refractivity contribution is 5.81. The number of carbonyl (C=O) groups is 1. The molecule has 3 rings (SSSR count). The molecule has 0 aliphatic rings. The predicted octanol–water partition coefficient (Wildman–Crippen LogP) is 2.62. The van der Waals surface area contributed by atoms with Crippen LogP contribution in [0.3, 0.4) is 0 Å². The summed E-state index contributed by atoms with van der Waals surface area (Å²) in [7, 11) is 1.70. The van der Waals surface area contributed by atoms with E-state index in [9.17, 15) is 9.59 Å². The third-order valence-corrected chi connectivity index (χ3v) is 4.18. The van der Waals surface area contributed by atoms with Crippen molar-refractivity contribution in [2.24, 2.45) is 0 Å². The number of amides is 1. The topological polar surface area (TPSA) is 64.4 Å². The number of rotatable bonds is 7. The van der Waals surface area contributed by atoms with Gasteiger partial charge in [-0.25, -0.2) is 4.68 Å². The first-order valence-corrected chi connectivity index (χ1v) is 8.60. The highest BCUT2D eigenvalue weighted by atomic mass is 16.5. The van der Waals surface area contributed by atoms with Gasteiger partial charge in [-0.05, 0) is 23.8 Å². The molecule has 0 N–H and O–H groups in total. The molecule has 0 aliphatic heterocycles. The molecule has 0 bridgehead atoms. The zero-order valence-corrected chi connectivity index (χ0v) is 15.2. The minimum atomic E-state index is -0.265. The molecule has 0 fully saturated rings. The fraction of sp³-hybridized carbons (Fsp3) is 0.190. The number of hydrogen-bond acceptors (Lipinski definition) is 4. The molecule has 3 aromatic rings. The SMILES string of the molecule is C=CCOc1ccc(CN(C)C(=O)Cn2ncc3ccccc3c2=O)cc1. The van der Waals surface area contributed by atoms with E-state index in [4.69, 9.17) is 4.74 Å². The summed E-state index contributed by atoms with van der Waals surface area (Å²) in [5.74, 6) is 0.561. The van der Waals surface area contributed by atoms with Crippen molar-refractivity contribution in [3.8, 4) is 5.75 Å². The first-order chi connectivity index (χ1) is 13.1. The van der Waals surface area contributed by atoms with Gasteiger partial charge >= 0.3 is 0 Å². The minimum Gasteiger partial charge on any atom is -0.490 e. The zero-order chi connectivity index (χ0) is 19.2. The van der Waals surface area contributed by atoms with Gasteiger partial charge in [0.05, 0.1) is 11.6 Å². The molecule has 0 unspecified atom stereocenters. The molecular formula is C21H21N3O3. The summed E-state index contributed by atoms with van der Waals surface area (Å²) < 4.78 is 6.65. The van der Waals surface area contributed by atoms with Gasteiger partial charge in [-0.3, -0.25) is 9.59 Å². The van der Waals surface area contributed by atoms with Crippen LogP contribution in [0.2, 0.25) is 0 Å². The molecule has 1 aromatic heterocycles. The van der Waals surface area contributed by atoms with Crippen molar-refractivity contribution in [3.05, 3.63) is 83.3 Å². The lowest BCUT2D eigenvalue weighted by Gasteiger charge is -2.18. The van der Waals surface area contributed by atoms with E-state index in [0.717, 1.165) is 16.7 Å². The monoisotopic (exact) mass is 363 g/mol. The molecule has 1 amide bonds. The van der Waals surface area contributed by atoms with E-state index in [1.54, 1.807) is 36.4 Å². The highest BCUT2D eigenvalue weighted by Gasteiger charge is 2.13. The van der Waals surface area contributed by atoms with Gasteiger partial charge in [0.2, 0.25) is 5.91 Å². The molecule has 0 saturated heterocycles. The number of aromatic nitrogens is 2. The van der Waals surface area contributed by atoms with Crippen LogP contribution in [0.4, 0.5) is 0 Å². The van der Waals surface area contributed by atoms with Crippen LogP contribution < -0.4 is 10.3 Å². The van der Waals surface area contributed by atoms with E-state index in [1.807, 2.05) is 36.4 Å². The molecule has 0 saturated carbocycles. The summed E-state index contributed by atoms with van der Waals surface area (Å²) >= 11 is 0. The fourth-order valence-corrected chi connectivity index (χ4v) is 2.70. The van der Waals surface area contributed by atoms with Crippen molar-refractivity contribution in [2.45, 2.75) is 13.1 Å². The Morgan fingerprint density at radius 2 is 1.96 bits per heavy atom. The summed E-state index contributed by atoms with van der Waals surface area (Å²) in [6.07, 6.45) is 3.29. The molecule has 6 nitrogen and oxygen atoms in total. The summed E-state index contributed by atoms with van der Waals surface area (Å²) in [6.45, 7) is 4.40. The van der Waals surface area contributed by atoms with Crippen molar-refractivity contribution in [3.63, 3.8) is 0 Å². The number of nitrogens with zero attached hydrogens (tertiary/aromatic N) is 3. The maximum Gasteiger partial charge on any atom is 0.275 e. The van der Waals surface area contributed by atoms with E-state index < -0.39 is 0 Å². The van der Waals surface area contributed by atoms with Crippen molar-refractivity contribution < 1.29 is 9.53 Å². The number of hydrogen-bond donors (Lipinski definition) is 0. The maximum absolute atomic E-state index is 12.5. The zero-order valence-electron chi connectivity index (χ0n) is 15.2. The lowest BCUT2D eigenvalue weighted by Crippen LogP contribution is -2.34. The Morgan fingerprint density at radius 3 is 2.70 bits per heavy atom. The Bertz CT molecular complexity index is 1010. The number of fused-ring (bicyclic) bond motifs is 1. The van der Waals surface area contributed by atoms with Gasteiger partial charge in [-0.15, -0.1) is 0 Å². The molecule has 0 spiro atoms. The second-order valence-electron chi connectivity index (χ2n) is 6.19. The molecule has 1 heterocycles. The Hall–Kier alpha value is -3.41. The summed E-state index contributed by atoms with van der Waals surface area (Å²) in [5.41, 5.74) is 0.703. The average molecular weight is 363 g/mol. The third kappa shape index (κ3) is 4.41. The van der Waals surface area contributed by atoms with Gasteiger partial charge in [0, 0.05) is 19.0 Å². The number of likely N-dealkylation sites (N-methyl/N-ethyl adjacent to an activating group) is 1. The lowest BCUT2D eigenvalue weighted by molar-refractivity contribution is -0.131. The normalized spacial score (nSPS) is 10.6. The molecule has 0 aliphatic carbocycles. The van der Waals surface area contributed by atoms with Gasteiger partial charge in [-0.1, -0.05) is 43.0 Å². The molecule has 0 atom stereocenters. The van der Waals surface area contributed by atoms with Crippen LogP contribution in [0.5, 0.6) is 5.75 Å². The Morgan fingerprint density at radius 1 is 1.22 bits per heavy atom. The molecule has 0 radical (unpaired) electrons. The third-order valence-electron chi connectivity index (χ3n) is 4.18. The molecular weight excluding hydrogens is 342 g/mol. The van der Waals surface area contributed by atoms with E-state index in [-0.39, 0.29) is 18.0 Å². The highest BCUT2D eigenvalue weighted by Crippen LogP contribution is 2.13. The quantitative estimate of drug-likeness (QED) is 0.606. The van der Waals surface area contributed by atoms with E-state index >= 15 is 0 Å².